The minimum absolute atomic E-state index is 0.400. The standard InChI is InChI=1S/C18H36O4S/c1-3-5-7-9-11-13-15-17-18(22-23(19,20)21)16-14-12-10-8-6-4-2/h17H,3-16H2,1-2H3,(H,19,20,21)/b18-17-. The predicted molar refractivity (Wildman–Crippen MR) is 96.7 cm³/mol. The molecule has 0 rings (SSSR count). The van der Waals surface area contributed by atoms with Crippen molar-refractivity contribution < 1.29 is 17.2 Å². The summed E-state index contributed by atoms with van der Waals surface area (Å²) >= 11 is 0. The fourth-order valence-corrected chi connectivity index (χ4v) is 3.00. The summed E-state index contributed by atoms with van der Waals surface area (Å²) in [5.74, 6) is 0.400. The van der Waals surface area contributed by atoms with Gasteiger partial charge in [0.1, 0.15) is 5.76 Å². The molecular formula is C18H36O4S. The van der Waals surface area contributed by atoms with Gasteiger partial charge in [-0.3, -0.25) is 4.55 Å². The Bertz CT molecular complexity index is 388. The molecule has 0 saturated carbocycles. The molecule has 1 N–H and O–H groups in total. The van der Waals surface area contributed by atoms with Gasteiger partial charge in [-0.15, -0.1) is 0 Å². The molecule has 0 unspecified atom stereocenters. The van der Waals surface area contributed by atoms with E-state index in [1.54, 1.807) is 0 Å². The highest BCUT2D eigenvalue weighted by Gasteiger charge is 2.09. The molecule has 23 heavy (non-hydrogen) atoms. The summed E-state index contributed by atoms with van der Waals surface area (Å²) in [6.45, 7) is 4.38. The number of unbranched alkanes of at least 4 members (excludes halogenated alkanes) is 11. The summed E-state index contributed by atoms with van der Waals surface area (Å²) in [5.41, 5.74) is 0. The molecule has 0 bridgehead atoms. The number of rotatable bonds is 16. The van der Waals surface area contributed by atoms with Gasteiger partial charge in [0.15, 0.2) is 0 Å². The van der Waals surface area contributed by atoms with E-state index in [-0.39, 0.29) is 0 Å². The summed E-state index contributed by atoms with van der Waals surface area (Å²) in [6.07, 6.45) is 17.3. The van der Waals surface area contributed by atoms with Gasteiger partial charge in [0, 0.05) is 6.42 Å². The van der Waals surface area contributed by atoms with E-state index in [0.717, 1.165) is 32.1 Å². The normalized spacial score (nSPS) is 12.6. The van der Waals surface area contributed by atoms with Crippen molar-refractivity contribution in [3.63, 3.8) is 0 Å². The maximum absolute atomic E-state index is 10.9. The Morgan fingerprint density at radius 2 is 1.30 bits per heavy atom. The summed E-state index contributed by atoms with van der Waals surface area (Å²) in [5, 5.41) is 0. The smallest absolute Gasteiger partial charge is 0.367 e. The lowest BCUT2D eigenvalue weighted by molar-refractivity contribution is 0.318. The molecule has 0 radical (unpaired) electrons. The Hall–Kier alpha value is -0.550. The zero-order valence-electron chi connectivity index (χ0n) is 15.1. The number of hydrogen-bond donors (Lipinski definition) is 1. The van der Waals surface area contributed by atoms with Crippen LogP contribution in [0.2, 0.25) is 0 Å². The average molecular weight is 349 g/mol. The van der Waals surface area contributed by atoms with Crippen LogP contribution in [0.25, 0.3) is 0 Å². The van der Waals surface area contributed by atoms with Crippen LogP contribution in [0.4, 0.5) is 0 Å². The van der Waals surface area contributed by atoms with Crippen molar-refractivity contribution in [1.29, 1.82) is 0 Å². The van der Waals surface area contributed by atoms with E-state index in [4.69, 9.17) is 8.74 Å². The van der Waals surface area contributed by atoms with Crippen molar-refractivity contribution in [2.45, 2.75) is 104 Å². The quantitative estimate of drug-likeness (QED) is 0.205. The number of hydrogen-bond acceptors (Lipinski definition) is 3. The molecule has 0 heterocycles. The van der Waals surface area contributed by atoms with E-state index < -0.39 is 10.4 Å². The van der Waals surface area contributed by atoms with Gasteiger partial charge in [0.2, 0.25) is 0 Å². The molecule has 0 saturated heterocycles. The van der Waals surface area contributed by atoms with Gasteiger partial charge in [-0.05, 0) is 25.3 Å². The van der Waals surface area contributed by atoms with Crippen LogP contribution < -0.4 is 0 Å². The van der Waals surface area contributed by atoms with Gasteiger partial charge < -0.3 is 4.18 Å². The van der Waals surface area contributed by atoms with Crippen LogP contribution in [0.1, 0.15) is 104 Å². The first-order chi connectivity index (χ1) is 11.0. The molecule has 0 aliphatic rings. The Balaban J connectivity index is 4.01. The van der Waals surface area contributed by atoms with Gasteiger partial charge in [0.25, 0.3) is 0 Å². The van der Waals surface area contributed by atoms with Crippen molar-refractivity contribution >= 4 is 10.4 Å². The molecule has 4 nitrogen and oxygen atoms in total. The Morgan fingerprint density at radius 3 is 1.83 bits per heavy atom. The zero-order valence-corrected chi connectivity index (χ0v) is 15.9. The lowest BCUT2D eigenvalue weighted by Crippen LogP contribution is -2.04. The Kier molecular flexibility index (Phi) is 14.6. The topological polar surface area (TPSA) is 63.6 Å². The van der Waals surface area contributed by atoms with Crippen molar-refractivity contribution in [2.24, 2.45) is 0 Å². The molecule has 0 aliphatic carbocycles. The van der Waals surface area contributed by atoms with E-state index in [0.29, 0.717) is 12.2 Å². The van der Waals surface area contributed by atoms with Crippen LogP contribution in [0.5, 0.6) is 0 Å². The van der Waals surface area contributed by atoms with Gasteiger partial charge in [-0.1, -0.05) is 78.1 Å². The van der Waals surface area contributed by atoms with Crippen molar-refractivity contribution in [3.8, 4) is 0 Å². The fraction of sp³-hybridized carbons (Fsp3) is 0.889. The van der Waals surface area contributed by atoms with Crippen LogP contribution in [0, 0.1) is 0 Å². The number of allylic oxidation sites excluding steroid dienone is 2. The molecule has 0 fully saturated rings. The summed E-state index contributed by atoms with van der Waals surface area (Å²) < 4.78 is 35.4. The Labute approximate surface area is 143 Å². The maximum atomic E-state index is 10.9. The molecule has 0 aliphatic heterocycles. The van der Waals surface area contributed by atoms with E-state index in [9.17, 15) is 8.42 Å². The van der Waals surface area contributed by atoms with Gasteiger partial charge in [-0.2, -0.15) is 8.42 Å². The van der Waals surface area contributed by atoms with Crippen LogP contribution in [0.3, 0.4) is 0 Å². The molecule has 0 atom stereocenters. The third-order valence-corrected chi connectivity index (χ3v) is 4.34. The lowest BCUT2D eigenvalue weighted by atomic mass is 10.1. The van der Waals surface area contributed by atoms with Gasteiger partial charge in [0.05, 0.1) is 0 Å². The summed E-state index contributed by atoms with van der Waals surface area (Å²) in [6, 6.07) is 0. The maximum Gasteiger partial charge on any atom is 0.446 e. The highest BCUT2D eigenvalue weighted by Crippen LogP contribution is 2.16. The molecule has 138 valence electrons. The second-order valence-electron chi connectivity index (χ2n) is 6.26. The largest absolute Gasteiger partial charge is 0.446 e. The van der Waals surface area contributed by atoms with E-state index >= 15 is 0 Å². The van der Waals surface area contributed by atoms with E-state index in [1.165, 1.54) is 51.4 Å². The molecule has 0 spiro atoms. The fourth-order valence-electron chi connectivity index (χ4n) is 2.58. The Morgan fingerprint density at radius 1 is 0.826 bits per heavy atom. The molecule has 5 heteroatoms. The first-order valence-corrected chi connectivity index (χ1v) is 10.7. The van der Waals surface area contributed by atoms with Crippen molar-refractivity contribution in [3.05, 3.63) is 11.8 Å². The summed E-state index contributed by atoms with van der Waals surface area (Å²) in [4.78, 5) is 0. The molecule has 0 amide bonds. The predicted octanol–water partition coefficient (Wildman–Crippen LogP) is 6.19. The third-order valence-electron chi connectivity index (χ3n) is 3.92. The van der Waals surface area contributed by atoms with Crippen LogP contribution in [-0.4, -0.2) is 13.0 Å². The van der Waals surface area contributed by atoms with Crippen LogP contribution >= 0.6 is 0 Å². The minimum Gasteiger partial charge on any atom is -0.367 e. The lowest BCUT2D eigenvalue weighted by Gasteiger charge is -2.07. The van der Waals surface area contributed by atoms with Crippen molar-refractivity contribution in [2.75, 3.05) is 0 Å². The van der Waals surface area contributed by atoms with Gasteiger partial charge >= 0.3 is 10.4 Å². The molecule has 0 aromatic rings. The SMILES string of the molecule is CCCCCCCC/C=C(/CCCCCCCC)OS(=O)(=O)O. The summed E-state index contributed by atoms with van der Waals surface area (Å²) in [7, 11) is -4.40. The van der Waals surface area contributed by atoms with E-state index in [1.807, 2.05) is 6.08 Å². The molecule has 0 aromatic carbocycles. The second kappa shape index (κ2) is 15.0. The third kappa shape index (κ3) is 17.6. The minimum atomic E-state index is -4.40. The van der Waals surface area contributed by atoms with E-state index in [2.05, 4.69) is 13.8 Å². The first-order valence-electron chi connectivity index (χ1n) is 9.35. The van der Waals surface area contributed by atoms with Crippen LogP contribution in [-0.2, 0) is 14.6 Å². The second-order valence-corrected chi connectivity index (χ2v) is 7.28. The highest BCUT2D eigenvalue weighted by molar-refractivity contribution is 7.81. The first kappa shape index (κ1) is 22.4. The molecule has 0 aromatic heterocycles. The van der Waals surface area contributed by atoms with Crippen LogP contribution in [0.15, 0.2) is 11.8 Å². The monoisotopic (exact) mass is 348 g/mol. The zero-order chi connectivity index (χ0) is 17.4. The van der Waals surface area contributed by atoms with Gasteiger partial charge in [-0.25, -0.2) is 0 Å². The highest BCUT2D eigenvalue weighted by atomic mass is 32.3. The van der Waals surface area contributed by atoms with Crippen molar-refractivity contribution in [1.82, 2.24) is 0 Å². The molecular weight excluding hydrogens is 312 g/mol. The average Bonchev–Trinajstić information content (AvgIpc) is 2.48.